The van der Waals surface area contributed by atoms with Crippen LogP contribution in [0.25, 0.3) is 27.5 Å². The third-order valence-corrected chi connectivity index (χ3v) is 11.0. The van der Waals surface area contributed by atoms with E-state index in [0.717, 1.165) is 57.2 Å². The number of benzene rings is 3. The Hall–Kier alpha value is -2.77. The predicted octanol–water partition coefficient (Wildman–Crippen LogP) is 7.98. The molecule has 2 aliphatic rings. The van der Waals surface area contributed by atoms with E-state index in [1.54, 1.807) is 0 Å². The lowest BCUT2D eigenvalue weighted by molar-refractivity contribution is 0.00578. The molecule has 46 heavy (non-hydrogen) atoms. The van der Waals surface area contributed by atoms with Gasteiger partial charge in [-0.2, -0.15) is 0 Å². The number of aromatic nitrogens is 1. The molecule has 6 nitrogen and oxygen atoms in total. The highest BCUT2D eigenvalue weighted by atomic mass is 16.7. The predicted molar refractivity (Wildman–Crippen MR) is 191 cm³/mol. The Balaban J connectivity index is 1.42. The quantitative estimate of drug-likeness (QED) is 0.168. The SMILES string of the molecule is CCCCC(CC)COc1ccc(-n2c3cc(B4OC(C)(C)C(C)(C)O4)ccc3c3ccc(B4OC(C)(C)C(C)(C)O4)cc32)cc1. The van der Waals surface area contributed by atoms with Crippen molar-refractivity contribution >= 4 is 47.0 Å². The van der Waals surface area contributed by atoms with Crippen molar-refractivity contribution in [2.45, 2.75) is 117 Å². The molecule has 0 spiro atoms. The minimum absolute atomic E-state index is 0.416. The molecule has 0 radical (unpaired) electrons. The highest BCUT2D eigenvalue weighted by molar-refractivity contribution is 6.63. The molecule has 2 fully saturated rings. The lowest BCUT2D eigenvalue weighted by Crippen LogP contribution is -2.41. The van der Waals surface area contributed by atoms with Gasteiger partial charge >= 0.3 is 14.2 Å². The second kappa shape index (κ2) is 12.0. The molecular weight excluding hydrogens is 572 g/mol. The smallest absolute Gasteiger partial charge is 0.493 e. The molecule has 0 bridgehead atoms. The van der Waals surface area contributed by atoms with Gasteiger partial charge in [-0.1, -0.05) is 57.4 Å². The average Bonchev–Trinajstić information content (AvgIpc) is 3.53. The van der Waals surface area contributed by atoms with Gasteiger partial charge in [-0.3, -0.25) is 0 Å². The topological polar surface area (TPSA) is 51.1 Å². The molecule has 1 unspecified atom stereocenters. The van der Waals surface area contributed by atoms with Crippen LogP contribution >= 0.6 is 0 Å². The molecule has 0 saturated carbocycles. The molecule has 0 amide bonds. The highest BCUT2D eigenvalue weighted by Gasteiger charge is 2.53. The number of hydrogen-bond donors (Lipinski definition) is 0. The van der Waals surface area contributed by atoms with Crippen molar-refractivity contribution < 1.29 is 23.4 Å². The minimum atomic E-state index is -0.448. The third kappa shape index (κ3) is 5.91. The van der Waals surface area contributed by atoms with E-state index in [1.165, 1.54) is 19.3 Å². The van der Waals surface area contributed by atoms with Gasteiger partial charge in [0.2, 0.25) is 0 Å². The summed E-state index contributed by atoms with van der Waals surface area (Å²) in [6, 6.07) is 21.6. The van der Waals surface area contributed by atoms with Gasteiger partial charge in [-0.25, -0.2) is 0 Å². The molecule has 0 N–H and O–H groups in total. The van der Waals surface area contributed by atoms with Crippen LogP contribution in [-0.2, 0) is 18.6 Å². The maximum atomic E-state index is 6.46. The van der Waals surface area contributed by atoms with E-state index in [-0.39, 0.29) is 0 Å². The first kappa shape index (κ1) is 33.1. The summed E-state index contributed by atoms with van der Waals surface area (Å²) in [6.45, 7) is 22.0. The van der Waals surface area contributed by atoms with Crippen LogP contribution in [0, 0.1) is 5.92 Å². The van der Waals surface area contributed by atoms with Crippen LogP contribution in [0.2, 0.25) is 0 Å². The Morgan fingerprint density at radius 1 is 0.652 bits per heavy atom. The molecule has 8 heteroatoms. The maximum absolute atomic E-state index is 6.46. The van der Waals surface area contributed by atoms with Crippen molar-refractivity contribution in [2.75, 3.05) is 6.61 Å². The van der Waals surface area contributed by atoms with Crippen molar-refractivity contribution in [3.8, 4) is 11.4 Å². The Bertz CT molecular complexity index is 1580. The summed E-state index contributed by atoms with van der Waals surface area (Å²) in [5, 5.41) is 2.33. The molecular formula is C38H51B2NO5. The van der Waals surface area contributed by atoms with Crippen LogP contribution in [0.4, 0.5) is 0 Å². The van der Waals surface area contributed by atoms with E-state index in [9.17, 15) is 0 Å². The largest absolute Gasteiger partial charge is 0.494 e. The van der Waals surface area contributed by atoms with Gasteiger partial charge in [0.25, 0.3) is 0 Å². The van der Waals surface area contributed by atoms with Crippen LogP contribution in [0.1, 0.15) is 94.9 Å². The fraction of sp³-hybridized carbons (Fsp3) is 0.526. The summed E-state index contributed by atoms with van der Waals surface area (Å²) < 4.78 is 34.4. The second-order valence-electron chi connectivity index (χ2n) is 15.3. The average molecular weight is 623 g/mol. The molecule has 0 aliphatic carbocycles. The van der Waals surface area contributed by atoms with Gasteiger partial charge in [0, 0.05) is 16.5 Å². The molecule has 4 aromatic rings. The van der Waals surface area contributed by atoms with Gasteiger partial charge in [-0.05, 0) is 115 Å². The Kier molecular flexibility index (Phi) is 8.67. The standard InChI is InChI=1S/C38H51B2NO5/c1-11-13-14-26(12-2)25-42-30-19-17-29(18-20-30)41-33-23-27(39-43-35(3,4)36(5,6)44-39)15-21-31(33)32-22-16-28(24-34(32)41)40-45-37(7,8)38(9,10)46-40/h15-24,26H,11-14,25H2,1-10H3. The Labute approximate surface area is 276 Å². The fourth-order valence-corrected chi connectivity index (χ4v) is 6.39. The van der Waals surface area contributed by atoms with Gasteiger partial charge in [-0.15, -0.1) is 0 Å². The van der Waals surface area contributed by atoms with E-state index in [1.807, 2.05) is 0 Å². The number of hydrogen-bond acceptors (Lipinski definition) is 5. The van der Waals surface area contributed by atoms with Gasteiger partial charge in [0.15, 0.2) is 0 Å². The highest BCUT2D eigenvalue weighted by Crippen LogP contribution is 2.39. The zero-order valence-corrected chi connectivity index (χ0v) is 29.5. The van der Waals surface area contributed by atoms with Crippen molar-refractivity contribution in [3.63, 3.8) is 0 Å². The zero-order chi connectivity index (χ0) is 33.1. The summed E-state index contributed by atoms with van der Waals surface area (Å²) in [6.07, 6.45) is 4.81. The van der Waals surface area contributed by atoms with Gasteiger partial charge < -0.3 is 27.9 Å². The second-order valence-corrected chi connectivity index (χ2v) is 15.3. The van der Waals surface area contributed by atoms with E-state index in [0.29, 0.717) is 5.92 Å². The number of ether oxygens (including phenoxy) is 1. The van der Waals surface area contributed by atoms with Crippen LogP contribution in [0.5, 0.6) is 5.75 Å². The normalized spacial score (nSPS) is 20.6. The summed E-state index contributed by atoms with van der Waals surface area (Å²) in [5.41, 5.74) is 3.57. The van der Waals surface area contributed by atoms with Gasteiger partial charge in [0.1, 0.15) is 5.75 Å². The van der Waals surface area contributed by atoms with Gasteiger partial charge in [0.05, 0.1) is 40.0 Å². The van der Waals surface area contributed by atoms with E-state index >= 15 is 0 Å². The van der Waals surface area contributed by atoms with E-state index in [2.05, 4.69) is 134 Å². The van der Waals surface area contributed by atoms with E-state index < -0.39 is 36.6 Å². The lowest BCUT2D eigenvalue weighted by atomic mass is 9.78. The lowest BCUT2D eigenvalue weighted by Gasteiger charge is -2.32. The van der Waals surface area contributed by atoms with E-state index in [4.69, 9.17) is 23.4 Å². The zero-order valence-electron chi connectivity index (χ0n) is 29.5. The van der Waals surface area contributed by atoms with Crippen molar-refractivity contribution in [2.24, 2.45) is 5.92 Å². The fourth-order valence-electron chi connectivity index (χ4n) is 6.39. The first-order valence-electron chi connectivity index (χ1n) is 17.2. The monoisotopic (exact) mass is 623 g/mol. The number of rotatable bonds is 10. The molecule has 3 aromatic carbocycles. The molecule has 3 heterocycles. The third-order valence-electron chi connectivity index (χ3n) is 11.0. The number of fused-ring (bicyclic) bond motifs is 3. The summed E-state index contributed by atoms with van der Waals surface area (Å²) in [4.78, 5) is 0. The summed E-state index contributed by atoms with van der Waals surface area (Å²) in [7, 11) is -0.896. The molecule has 1 atom stereocenters. The summed E-state index contributed by atoms with van der Waals surface area (Å²) >= 11 is 0. The number of nitrogens with zero attached hydrogens (tertiary/aromatic N) is 1. The maximum Gasteiger partial charge on any atom is 0.494 e. The van der Waals surface area contributed by atoms with Crippen LogP contribution in [-0.4, -0.2) is 47.8 Å². The van der Waals surface area contributed by atoms with Crippen molar-refractivity contribution in [1.29, 1.82) is 0 Å². The Morgan fingerprint density at radius 3 is 1.52 bits per heavy atom. The van der Waals surface area contributed by atoms with Crippen molar-refractivity contribution in [1.82, 2.24) is 4.57 Å². The minimum Gasteiger partial charge on any atom is -0.493 e. The molecule has 1 aromatic heterocycles. The Morgan fingerprint density at radius 2 is 1.11 bits per heavy atom. The van der Waals surface area contributed by atoms with Crippen LogP contribution in [0.15, 0.2) is 60.7 Å². The van der Waals surface area contributed by atoms with Crippen molar-refractivity contribution in [3.05, 3.63) is 60.7 Å². The number of unbranched alkanes of at least 4 members (excludes halogenated alkanes) is 1. The molecule has 2 saturated heterocycles. The van der Waals surface area contributed by atoms with Crippen LogP contribution in [0.3, 0.4) is 0 Å². The molecule has 244 valence electrons. The summed E-state index contributed by atoms with van der Waals surface area (Å²) in [5.74, 6) is 1.48. The van der Waals surface area contributed by atoms with Crippen LogP contribution < -0.4 is 15.7 Å². The first-order valence-corrected chi connectivity index (χ1v) is 17.2. The molecule has 2 aliphatic heterocycles. The molecule has 6 rings (SSSR count). The first-order chi connectivity index (χ1) is 21.7.